The van der Waals surface area contributed by atoms with Crippen LogP contribution in [-0.4, -0.2) is 23.5 Å². The number of carbonyl (C=O) groups excluding carboxylic acids is 1. The van der Waals surface area contributed by atoms with Gasteiger partial charge in [-0.25, -0.2) is 0 Å². The normalized spacial score (nSPS) is 15.2. The second-order valence-corrected chi connectivity index (χ2v) is 6.41. The summed E-state index contributed by atoms with van der Waals surface area (Å²) in [7, 11) is 0. The summed E-state index contributed by atoms with van der Waals surface area (Å²) in [5.74, 6) is -0.339. The molecule has 2 rings (SSSR count). The Labute approximate surface area is 132 Å². The SMILES string of the molecule is NC(=O)CN(c1ccc(Br)cc1C(N)=S)C1CCCC1. The van der Waals surface area contributed by atoms with Crippen molar-refractivity contribution >= 4 is 44.7 Å². The summed E-state index contributed by atoms with van der Waals surface area (Å²) >= 11 is 8.55. The molecule has 0 unspecified atom stereocenters. The summed E-state index contributed by atoms with van der Waals surface area (Å²) in [6.07, 6.45) is 4.50. The molecule has 0 aliphatic heterocycles. The summed E-state index contributed by atoms with van der Waals surface area (Å²) in [4.78, 5) is 13.8. The lowest BCUT2D eigenvalue weighted by molar-refractivity contribution is -0.116. The molecule has 0 radical (unpaired) electrons. The smallest absolute Gasteiger partial charge is 0.236 e. The lowest BCUT2D eigenvalue weighted by atomic mass is 10.1. The maximum absolute atomic E-state index is 11.4. The van der Waals surface area contributed by atoms with E-state index in [0.717, 1.165) is 28.6 Å². The van der Waals surface area contributed by atoms with Crippen molar-refractivity contribution in [3.05, 3.63) is 28.2 Å². The minimum Gasteiger partial charge on any atom is -0.389 e. The monoisotopic (exact) mass is 355 g/mol. The van der Waals surface area contributed by atoms with Crippen molar-refractivity contribution in [3.63, 3.8) is 0 Å². The number of benzene rings is 1. The number of nitrogens with zero attached hydrogens (tertiary/aromatic N) is 1. The molecule has 1 aliphatic rings. The Kier molecular flexibility index (Phi) is 4.99. The van der Waals surface area contributed by atoms with Crippen LogP contribution in [0.25, 0.3) is 0 Å². The number of primary amides is 1. The zero-order valence-electron chi connectivity index (χ0n) is 11.1. The fourth-order valence-electron chi connectivity index (χ4n) is 2.75. The van der Waals surface area contributed by atoms with Gasteiger partial charge in [0.15, 0.2) is 0 Å². The van der Waals surface area contributed by atoms with Gasteiger partial charge in [0.2, 0.25) is 5.91 Å². The van der Waals surface area contributed by atoms with Crippen LogP contribution in [0, 0.1) is 0 Å². The number of hydrogen-bond donors (Lipinski definition) is 2. The molecule has 1 aromatic rings. The first-order valence-corrected chi connectivity index (χ1v) is 7.83. The van der Waals surface area contributed by atoms with E-state index in [2.05, 4.69) is 20.8 Å². The number of rotatable bonds is 5. The molecule has 4 N–H and O–H groups in total. The Bertz CT molecular complexity index is 529. The zero-order chi connectivity index (χ0) is 14.7. The molecule has 1 aromatic carbocycles. The van der Waals surface area contributed by atoms with Crippen LogP contribution in [0.5, 0.6) is 0 Å². The number of anilines is 1. The number of carbonyl (C=O) groups is 1. The van der Waals surface area contributed by atoms with Gasteiger partial charge in [-0.15, -0.1) is 0 Å². The molecular weight excluding hydrogens is 338 g/mol. The van der Waals surface area contributed by atoms with Crippen molar-refractivity contribution in [1.82, 2.24) is 0 Å². The van der Waals surface area contributed by atoms with Crippen molar-refractivity contribution in [2.45, 2.75) is 31.7 Å². The van der Waals surface area contributed by atoms with Gasteiger partial charge in [-0.3, -0.25) is 4.79 Å². The average Bonchev–Trinajstić information content (AvgIpc) is 2.89. The predicted molar refractivity (Wildman–Crippen MR) is 88.8 cm³/mol. The van der Waals surface area contributed by atoms with E-state index in [1.807, 2.05) is 18.2 Å². The summed E-state index contributed by atoms with van der Waals surface area (Å²) < 4.78 is 0.912. The summed E-state index contributed by atoms with van der Waals surface area (Å²) in [6, 6.07) is 6.09. The van der Waals surface area contributed by atoms with Crippen LogP contribution in [0.4, 0.5) is 5.69 Å². The highest BCUT2D eigenvalue weighted by atomic mass is 79.9. The van der Waals surface area contributed by atoms with Crippen LogP contribution in [0.3, 0.4) is 0 Å². The molecular formula is C14H18BrN3OS. The number of halogens is 1. The maximum Gasteiger partial charge on any atom is 0.236 e. The summed E-state index contributed by atoms with van der Waals surface area (Å²) in [5, 5.41) is 0. The van der Waals surface area contributed by atoms with Crippen molar-refractivity contribution in [3.8, 4) is 0 Å². The highest BCUT2D eigenvalue weighted by Crippen LogP contribution is 2.31. The molecule has 0 spiro atoms. The van der Waals surface area contributed by atoms with Crippen LogP contribution in [0.1, 0.15) is 31.2 Å². The highest BCUT2D eigenvalue weighted by Gasteiger charge is 2.26. The Morgan fingerprint density at radius 3 is 2.55 bits per heavy atom. The molecule has 1 aliphatic carbocycles. The van der Waals surface area contributed by atoms with Gasteiger partial charge in [0, 0.05) is 21.8 Å². The van der Waals surface area contributed by atoms with Crippen LogP contribution in [-0.2, 0) is 4.79 Å². The maximum atomic E-state index is 11.4. The molecule has 4 nitrogen and oxygen atoms in total. The second kappa shape index (κ2) is 6.54. The molecule has 0 aromatic heterocycles. The third kappa shape index (κ3) is 3.49. The van der Waals surface area contributed by atoms with Crippen molar-refractivity contribution in [2.75, 3.05) is 11.4 Å². The zero-order valence-corrected chi connectivity index (χ0v) is 13.5. The minimum atomic E-state index is -0.339. The van der Waals surface area contributed by atoms with E-state index in [4.69, 9.17) is 23.7 Å². The molecule has 6 heteroatoms. The van der Waals surface area contributed by atoms with E-state index >= 15 is 0 Å². The molecule has 0 heterocycles. The molecule has 1 fully saturated rings. The van der Waals surface area contributed by atoms with Gasteiger partial charge < -0.3 is 16.4 Å². The summed E-state index contributed by atoms with van der Waals surface area (Å²) in [6.45, 7) is 0.196. The van der Waals surface area contributed by atoms with E-state index in [0.29, 0.717) is 11.0 Å². The van der Waals surface area contributed by atoms with E-state index < -0.39 is 0 Å². The van der Waals surface area contributed by atoms with Crippen LogP contribution in [0.2, 0.25) is 0 Å². The Morgan fingerprint density at radius 2 is 2.00 bits per heavy atom. The van der Waals surface area contributed by atoms with Gasteiger partial charge in [-0.05, 0) is 31.0 Å². The first-order valence-electron chi connectivity index (χ1n) is 6.63. The van der Waals surface area contributed by atoms with E-state index in [1.165, 1.54) is 12.8 Å². The van der Waals surface area contributed by atoms with Crippen LogP contribution < -0.4 is 16.4 Å². The molecule has 0 bridgehead atoms. The van der Waals surface area contributed by atoms with E-state index in [-0.39, 0.29) is 12.5 Å². The number of thiocarbonyl (C=S) groups is 1. The van der Waals surface area contributed by atoms with Gasteiger partial charge in [0.05, 0.1) is 6.54 Å². The van der Waals surface area contributed by atoms with Gasteiger partial charge in [0.25, 0.3) is 0 Å². The molecule has 108 valence electrons. The Morgan fingerprint density at radius 1 is 1.35 bits per heavy atom. The lowest BCUT2D eigenvalue weighted by Gasteiger charge is -2.31. The van der Waals surface area contributed by atoms with Gasteiger partial charge >= 0.3 is 0 Å². The van der Waals surface area contributed by atoms with Gasteiger partial charge in [-0.1, -0.05) is 41.0 Å². The van der Waals surface area contributed by atoms with Crippen molar-refractivity contribution in [2.24, 2.45) is 11.5 Å². The molecule has 1 saturated carbocycles. The second-order valence-electron chi connectivity index (χ2n) is 5.06. The van der Waals surface area contributed by atoms with Gasteiger partial charge in [-0.2, -0.15) is 0 Å². The fraction of sp³-hybridized carbons (Fsp3) is 0.429. The van der Waals surface area contributed by atoms with E-state index in [1.54, 1.807) is 0 Å². The number of nitrogens with two attached hydrogens (primary N) is 2. The van der Waals surface area contributed by atoms with E-state index in [9.17, 15) is 4.79 Å². The quantitative estimate of drug-likeness (QED) is 0.795. The minimum absolute atomic E-state index is 0.196. The van der Waals surface area contributed by atoms with Crippen LogP contribution >= 0.6 is 28.1 Å². The highest BCUT2D eigenvalue weighted by molar-refractivity contribution is 9.10. The first-order chi connectivity index (χ1) is 9.49. The largest absolute Gasteiger partial charge is 0.389 e. The third-order valence-corrected chi connectivity index (χ3v) is 4.34. The third-order valence-electron chi connectivity index (χ3n) is 3.63. The molecule has 20 heavy (non-hydrogen) atoms. The molecule has 0 atom stereocenters. The number of hydrogen-bond acceptors (Lipinski definition) is 3. The predicted octanol–water partition coefficient (Wildman–Crippen LogP) is 2.32. The Hall–Kier alpha value is -1.14. The lowest BCUT2D eigenvalue weighted by Crippen LogP contribution is -2.41. The molecule has 0 saturated heterocycles. The van der Waals surface area contributed by atoms with Gasteiger partial charge in [0.1, 0.15) is 4.99 Å². The standard InChI is InChI=1S/C14H18BrN3OS/c15-9-5-6-12(11(7-9)14(17)20)18(8-13(16)19)10-3-1-2-4-10/h5-7,10H,1-4,8H2,(H2,16,19)(H2,17,20). The Balaban J connectivity index is 2.41. The van der Waals surface area contributed by atoms with Crippen LogP contribution in [0.15, 0.2) is 22.7 Å². The summed E-state index contributed by atoms with van der Waals surface area (Å²) in [5.41, 5.74) is 12.9. The van der Waals surface area contributed by atoms with Crippen molar-refractivity contribution < 1.29 is 4.79 Å². The fourth-order valence-corrected chi connectivity index (χ4v) is 3.28. The average molecular weight is 356 g/mol. The first kappa shape index (κ1) is 15.3. The topological polar surface area (TPSA) is 72.4 Å². The number of amides is 1. The van der Waals surface area contributed by atoms with Crippen molar-refractivity contribution in [1.29, 1.82) is 0 Å². The molecule has 1 amide bonds.